The zero-order valence-electron chi connectivity index (χ0n) is 63.4. The van der Waals surface area contributed by atoms with E-state index in [4.69, 9.17) is 37.0 Å². The van der Waals surface area contributed by atoms with Crippen LogP contribution in [0.4, 0.5) is 0 Å². The molecule has 0 saturated carbocycles. The standard InChI is InChI=1S/C78H152O17P2/c1-7-9-11-13-15-17-19-20-21-22-23-24-25-26-27-28-29-38-44-50-56-62-77(82)94-74(67-89-76(81)61-55-49-43-37-32-30-34-40-46-52-58-70(3)4)69-93-97(86,87)91-65-72(79)64-90-96(84,85)92-68-73(66-88-75(80)60-54-48-42-36-18-16-14-12-10-8-2)95-78(83)63-57-51-45-39-33-31-35-41-47-53-59-71(5)6/h70-74,79H,7-69H2,1-6H3,(H,84,85)(H,86,87)/t72-,73+,74+/m0/s1. The van der Waals surface area contributed by atoms with Crippen LogP contribution in [0.2, 0.25) is 0 Å². The minimum Gasteiger partial charge on any atom is -0.462 e. The molecule has 0 aliphatic rings. The van der Waals surface area contributed by atoms with Crippen molar-refractivity contribution in [3.63, 3.8) is 0 Å². The number of aliphatic hydroxyl groups is 1. The number of ether oxygens (including phenoxy) is 4. The van der Waals surface area contributed by atoms with Gasteiger partial charge in [-0.25, -0.2) is 9.13 Å². The van der Waals surface area contributed by atoms with E-state index in [9.17, 15) is 43.2 Å². The predicted molar refractivity (Wildman–Crippen MR) is 395 cm³/mol. The van der Waals surface area contributed by atoms with E-state index in [0.717, 1.165) is 102 Å². The number of unbranched alkanes of at least 4 members (excludes halogenated alkanes) is 47. The van der Waals surface area contributed by atoms with Gasteiger partial charge in [-0.1, -0.05) is 356 Å². The largest absolute Gasteiger partial charge is 0.472 e. The summed E-state index contributed by atoms with van der Waals surface area (Å²) in [5, 5.41) is 10.6. The van der Waals surface area contributed by atoms with Crippen LogP contribution < -0.4 is 0 Å². The van der Waals surface area contributed by atoms with Gasteiger partial charge in [-0.2, -0.15) is 0 Å². The number of hydrogen-bond donors (Lipinski definition) is 3. The number of aliphatic hydroxyl groups excluding tert-OH is 1. The van der Waals surface area contributed by atoms with Crippen molar-refractivity contribution >= 4 is 39.5 Å². The van der Waals surface area contributed by atoms with E-state index in [1.54, 1.807) is 0 Å². The summed E-state index contributed by atoms with van der Waals surface area (Å²) in [7, 11) is -9.91. The summed E-state index contributed by atoms with van der Waals surface area (Å²) in [6.45, 7) is 9.58. The molecule has 0 bridgehead atoms. The first kappa shape index (κ1) is 95.1. The molecule has 19 heteroatoms. The Kier molecular flexibility index (Phi) is 68.4. The number of phosphoric acid groups is 2. The Balaban J connectivity index is 5.20. The van der Waals surface area contributed by atoms with Crippen molar-refractivity contribution in [2.24, 2.45) is 11.8 Å². The Hall–Kier alpha value is -1.94. The Morgan fingerprint density at radius 3 is 0.701 bits per heavy atom. The summed E-state index contributed by atoms with van der Waals surface area (Å²) in [4.78, 5) is 72.8. The summed E-state index contributed by atoms with van der Waals surface area (Å²) < 4.78 is 68.6. The second-order valence-electron chi connectivity index (χ2n) is 29.1. The van der Waals surface area contributed by atoms with Gasteiger partial charge in [0.05, 0.1) is 26.4 Å². The minimum atomic E-state index is -4.96. The number of phosphoric ester groups is 2. The molecule has 0 radical (unpaired) electrons. The summed E-state index contributed by atoms with van der Waals surface area (Å²) in [6, 6.07) is 0. The van der Waals surface area contributed by atoms with Crippen LogP contribution in [0.25, 0.3) is 0 Å². The monoisotopic (exact) mass is 1420 g/mol. The molecule has 0 aliphatic carbocycles. The number of carbonyl (C=O) groups excluding carboxylic acids is 4. The fraction of sp³-hybridized carbons (Fsp3) is 0.949. The molecule has 0 aromatic rings. The first-order valence-electron chi connectivity index (χ1n) is 40.5. The Morgan fingerprint density at radius 2 is 0.474 bits per heavy atom. The maximum absolute atomic E-state index is 13.1. The van der Waals surface area contributed by atoms with Gasteiger partial charge in [-0.3, -0.25) is 37.3 Å². The van der Waals surface area contributed by atoms with Crippen LogP contribution in [-0.4, -0.2) is 96.7 Å². The normalized spacial score (nSPS) is 14.0. The van der Waals surface area contributed by atoms with Crippen molar-refractivity contribution in [2.75, 3.05) is 39.6 Å². The average Bonchev–Trinajstić information content (AvgIpc) is 1.03. The van der Waals surface area contributed by atoms with Crippen molar-refractivity contribution in [3.05, 3.63) is 0 Å². The van der Waals surface area contributed by atoms with Gasteiger partial charge in [0.15, 0.2) is 12.2 Å². The van der Waals surface area contributed by atoms with E-state index in [1.807, 2.05) is 0 Å². The zero-order chi connectivity index (χ0) is 71.4. The lowest BCUT2D eigenvalue weighted by Gasteiger charge is -2.21. The third-order valence-corrected chi connectivity index (χ3v) is 20.1. The molecular formula is C78H152O17P2. The molecule has 0 amide bonds. The second kappa shape index (κ2) is 69.8. The predicted octanol–water partition coefficient (Wildman–Crippen LogP) is 23.1. The molecule has 3 N–H and O–H groups in total. The maximum atomic E-state index is 13.1. The molecule has 0 aromatic heterocycles. The molecule has 0 fully saturated rings. The van der Waals surface area contributed by atoms with Crippen molar-refractivity contribution in [3.8, 4) is 0 Å². The number of rotatable bonds is 77. The fourth-order valence-electron chi connectivity index (χ4n) is 12.0. The van der Waals surface area contributed by atoms with Crippen LogP contribution >= 0.6 is 15.6 Å². The second-order valence-corrected chi connectivity index (χ2v) is 32.0. The lowest BCUT2D eigenvalue weighted by molar-refractivity contribution is -0.161. The van der Waals surface area contributed by atoms with Crippen LogP contribution in [-0.2, 0) is 65.4 Å². The lowest BCUT2D eigenvalue weighted by Crippen LogP contribution is -2.30. The highest BCUT2D eigenvalue weighted by molar-refractivity contribution is 7.47. The summed E-state index contributed by atoms with van der Waals surface area (Å²) in [6.07, 6.45) is 58.3. The van der Waals surface area contributed by atoms with Crippen LogP contribution in [0.3, 0.4) is 0 Å². The van der Waals surface area contributed by atoms with Crippen molar-refractivity contribution in [1.29, 1.82) is 0 Å². The number of esters is 4. The molecule has 5 atom stereocenters. The van der Waals surface area contributed by atoms with Crippen LogP contribution in [0.1, 0.15) is 408 Å². The van der Waals surface area contributed by atoms with E-state index in [2.05, 4.69) is 41.5 Å². The van der Waals surface area contributed by atoms with E-state index >= 15 is 0 Å². The molecule has 0 aromatic carbocycles. The Morgan fingerprint density at radius 1 is 0.278 bits per heavy atom. The molecule has 2 unspecified atom stereocenters. The zero-order valence-corrected chi connectivity index (χ0v) is 65.2. The average molecular weight is 1420 g/mol. The quantitative estimate of drug-likeness (QED) is 0.0222. The van der Waals surface area contributed by atoms with Crippen molar-refractivity contribution in [2.45, 2.75) is 426 Å². The van der Waals surface area contributed by atoms with Gasteiger partial charge < -0.3 is 33.8 Å². The SMILES string of the molecule is CCCCCCCCCCCCCCCCCCCCCCCC(=O)O[C@H](COC(=O)CCCCCCCCCCCCC(C)C)COP(=O)(O)OC[C@@H](O)COP(=O)(O)OC[C@@H](COC(=O)CCCCCCCCCCCC)OC(=O)CCCCCCCCCCCCC(C)C. The molecule has 0 aliphatic heterocycles. The van der Waals surface area contributed by atoms with E-state index < -0.39 is 97.5 Å². The topological polar surface area (TPSA) is 237 Å². The van der Waals surface area contributed by atoms with Gasteiger partial charge in [-0.15, -0.1) is 0 Å². The molecule has 0 saturated heterocycles. The van der Waals surface area contributed by atoms with Crippen LogP contribution in [0.5, 0.6) is 0 Å². The van der Waals surface area contributed by atoms with Crippen molar-refractivity contribution in [1.82, 2.24) is 0 Å². The summed E-state index contributed by atoms with van der Waals surface area (Å²) >= 11 is 0. The minimum absolute atomic E-state index is 0.106. The Labute approximate surface area is 594 Å². The van der Waals surface area contributed by atoms with Crippen molar-refractivity contribution < 1.29 is 80.2 Å². The highest BCUT2D eigenvalue weighted by Gasteiger charge is 2.30. The first-order chi connectivity index (χ1) is 46.9. The third kappa shape index (κ3) is 72.2. The molecular weight excluding hydrogens is 1270 g/mol. The summed E-state index contributed by atoms with van der Waals surface area (Å²) in [5.41, 5.74) is 0. The number of carbonyl (C=O) groups is 4. The molecule has 17 nitrogen and oxygen atoms in total. The van der Waals surface area contributed by atoms with Crippen LogP contribution in [0.15, 0.2) is 0 Å². The first-order valence-corrected chi connectivity index (χ1v) is 43.5. The molecule has 0 spiro atoms. The maximum Gasteiger partial charge on any atom is 0.472 e. The molecule has 0 heterocycles. The Bertz CT molecular complexity index is 1870. The third-order valence-electron chi connectivity index (χ3n) is 18.2. The van der Waals surface area contributed by atoms with Gasteiger partial charge in [0.1, 0.15) is 19.3 Å². The lowest BCUT2D eigenvalue weighted by atomic mass is 10.0. The smallest absolute Gasteiger partial charge is 0.462 e. The van der Waals surface area contributed by atoms with Gasteiger partial charge in [0.2, 0.25) is 0 Å². The van der Waals surface area contributed by atoms with E-state index in [1.165, 1.54) is 225 Å². The number of hydrogen-bond acceptors (Lipinski definition) is 15. The van der Waals surface area contributed by atoms with Crippen LogP contribution in [0, 0.1) is 11.8 Å². The fourth-order valence-corrected chi connectivity index (χ4v) is 13.6. The molecule has 576 valence electrons. The van der Waals surface area contributed by atoms with Gasteiger partial charge in [0, 0.05) is 25.7 Å². The summed E-state index contributed by atoms with van der Waals surface area (Å²) in [5.74, 6) is -0.604. The highest BCUT2D eigenvalue weighted by atomic mass is 31.2. The van der Waals surface area contributed by atoms with E-state index in [0.29, 0.717) is 25.7 Å². The highest BCUT2D eigenvalue weighted by Crippen LogP contribution is 2.45. The van der Waals surface area contributed by atoms with Gasteiger partial charge in [0.25, 0.3) is 0 Å². The molecule has 0 rings (SSSR count). The van der Waals surface area contributed by atoms with Gasteiger partial charge >= 0.3 is 39.5 Å². The van der Waals surface area contributed by atoms with E-state index in [-0.39, 0.29) is 25.7 Å². The molecule has 97 heavy (non-hydrogen) atoms. The van der Waals surface area contributed by atoms with Gasteiger partial charge in [-0.05, 0) is 37.5 Å².